The van der Waals surface area contributed by atoms with Gasteiger partial charge in [-0.25, -0.2) is 4.98 Å². The van der Waals surface area contributed by atoms with E-state index in [-0.39, 0.29) is 0 Å². The Labute approximate surface area is 122 Å². The summed E-state index contributed by atoms with van der Waals surface area (Å²) in [6.45, 7) is 2.80. The van der Waals surface area contributed by atoms with Gasteiger partial charge in [0, 0.05) is 11.7 Å². The molecule has 1 rings (SSSR count). The highest BCUT2D eigenvalue weighted by molar-refractivity contribution is 6.59. The summed E-state index contributed by atoms with van der Waals surface area (Å²) in [4.78, 5) is 4.03. The van der Waals surface area contributed by atoms with Gasteiger partial charge in [0.25, 0.3) is 0 Å². The smallest absolute Gasteiger partial charge is 0.478 e. The van der Waals surface area contributed by atoms with Crippen molar-refractivity contribution in [1.29, 1.82) is 0 Å². The van der Waals surface area contributed by atoms with Crippen molar-refractivity contribution in [3.8, 4) is 5.88 Å². The standard InChI is InChI=1S/C15H26BNO3/c1-2-3-4-5-6-7-8-9-13-20-15-14(16(18)19)11-10-12-17-15/h10-12,18-19H,2-9,13H2,1H3. The monoisotopic (exact) mass is 279 g/mol. The molecule has 112 valence electrons. The molecule has 1 aromatic rings. The minimum atomic E-state index is -1.53. The Kier molecular flexibility index (Phi) is 9.08. The first-order chi connectivity index (χ1) is 9.75. The minimum Gasteiger partial charge on any atom is -0.478 e. The molecule has 0 bridgehead atoms. The summed E-state index contributed by atoms with van der Waals surface area (Å²) in [7, 11) is -1.53. The number of hydrogen-bond donors (Lipinski definition) is 2. The summed E-state index contributed by atoms with van der Waals surface area (Å²) in [6.07, 6.45) is 11.6. The summed E-state index contributed by atoms with van der Waals surface area (Å²) in [6, 6.07) is 3.28. The quantitative estimate of drug-likeness (QED) is 0.482. The highest BCUT2D eigenvalue weighted by Crippen LogP contribution is 2.09. The van der Waals surface area contributed by atoms with Gasteiger partial charge in [-0.3, -0.25) is 0 Å². The van der Waals surface area contributed by atoms with Crippen LogP contribution in [-0.2, 0) is 0 Å². The number of pyridine rings is 1. The van der Waals surface area contributed by atoms with E-state index in [1.165, 1.54) is 38.5 Å². The van der Waals surface area contributed by atoms with Crippen molar-refractivity contribution in [3.05, 3.63) is 18.3 Å². The van der Waals surface area contributed by atoms with E-state index < -0.39 is 7.12 Å². The fourth-order valence-electron chi connectivity index (χ4n) is 2.13. The van der Waals surface area contributed by atoms with Crippen molar-refractivity contribution in [2.24, 2.45) is 0 Å². The van der Waals surface area contributed by atoms with Crippen LogP contribution in [0.3, 0.4) is 0 Å². The van der Waals surface area contributed by atoms with Gasteiger partial charge in [0.2, 0.25) is 5.88 Å². The van der Waals surface area contributed by atoms with Crippen LogP contribution in [0.2, 0.25) is 0 Å². The van der Waals surface area contributed by atoms with E-state index in [1.54, 1.807) is 18.3 Å². The van der Waals surface area contributed by atoms with Crippen molar-refractivity contribution in [3.63, 3.8) is 0 Å². The molecule has 0 saturated heterocycles. The number of ether oxygens (including phenoxy) is 1. The van der Waals surface area contributed by atoms with Crippen molar-refractivity contribution >= 4 is 12.6 Å². The maximum absolute atomic E-state index is 9.18. The highest BCUT2D eigenvalue weighted by atomic mass is 16.5. The predicted octanol–water partition coefficient (Wildman–Crippen LogP) is 2.28. The Morgan fingerprint density at radius 2 is 1.70 bits per heavy atom. The average molecular weight is 279 g/mol. The molecule has 20 heavy (non-hydrogen) atoms. The second-order valence-electron chi connectivity index (χ2n) is 5.09. The summed E-state index contributed by atoms with van der Waals surface area (Å²) < 4.78 is 5.51. The molecule has 0 aliphatic carbocycles. The lowest BCUT2D eigenvalue weighted by molar-refractivity contribution is 0.294. The number of unbranched alkanes of at least 4 members (excludes halogenated alkanes) is 7. The first-order valence-electron chi connectivity index (χ1n) is 7.69. The zero-order chi connectivity index (χ0) is 14.6. The molecule has 1 heterocycles. The fourth-order valence-corrected chi connectivity index (χ4v) is 2.13. The maximum atomic E-state index is 9.18. The number of nitrogens with zero attached hydrogens (tertiary/aromatic N) is 1. The van der Waals surface area contributed by atoms with Crippen LogP contribution in [0.15, 0.2) is 18.3 Å². The van der Waals surface area contributed by atoms with Crippen LogP contribution in [0.1, 0.15) is 58.3 Å². The molecule has 2 N–H and O–H groups in total. The molecule has 0 radical (unpaired) electrons. The lowest BCUT2D eigenvalue weighted by Crippen LogP contribution is -2.32. The van der Waals surface area contributed by atoms with E-state index in [9.17, 15) is 10.0 Å². The van der Waals surface area contributed by atoms with Crippen molar-refractivity contribution in [2.45, 2.75) is 58.3 Å². The highest BCUT2D eigenvalue weighted by Gasteiger charge is 2.17. The Morgan fingerprint density at radius 1 is 1.05 bits per heavy atom. The van der Waals surface area contributed by atoms with Crippen molar-refractivity contribution in [2.75, 3.05) is 6.61 Å². The predicted molar refractivity (Wildman–Crippen MR) is 82.2 cm³/mol. The SMILES string of the molecule is CCCCCCCCCCOc1ncccc1B(O)O. The number of aromatic nitrogens is 1. The third-order valence-corrected chi connectivity index (χ3v) is 3.32. The van der Waals surface area contributed by atoms with Crippen LogP contribution < -0.4 is 10.2 Å². The molecule has 0 aromatic carbocycles. The van der Waals surface area contributed by atoms with Crippen molar-refractivity contribution in [1.82, 2.24) is 4.98 Å². The van der Waals surface area contributed by atoms with Gasteiger partial charge in [-0.1, -0.05) is 57.9 Å². The lowest BCUT2D eigenvalue weighted by atomic mass is 9.81. The third-order valence-electron chi connectivity index (χ3n) is 3.32. The van der Waals surface area contributed by atoms with Crippen LogP contribution in [-0.4, -0.2) is 28.8 Å². The molecule has 0 spiro atoms. The Hall–Kier alpha value is -1.07. The molecule has 0 fully saturated rings. The molecule has 1 aromatic heterocycles. The van der Waals surface area contributed by atoms with Gasteiger partial charge in [-0.05, 0) is 12.5 Å². The second-order valence-corrected chi connectivity index (χ2v) is 5.09. The van der Waals surface area contributed by atoms with E-state index in [0.29, 0.717) is 17.9 Å². The Bertz CT molecular complexity index is 361. The van der Waals surface area contributed by atoms with Gasteiger partial charge in [0.1, 0.15) is 0 Å². The average Bonchev–Trinajstić information content (AvgIpc) is 2.46. The van der Waals surface area contributed by atoms with Gasteiger partial charge in [0.05, 0.1) is 6.61 Å². The van der Waals surface area contributed by atoms with Crippen LogP contribution in [0.5, 0.6) is 5.88 Å². The van der Waals surface area contributed by atoms with Crippen LogP contribution in [0.25, 0.3) is 0 Å². The molecule has 4 nitrogen and oxygen atoms in total. The van der Waals surface area contributed by atoms with Crippen molar-refractivity contribution < 1.29 is 14.8 Å². The molecule has 0 aliphatic heterocycles. The second kappa shape index (κ2) is 10.7. The summed E-state index contributed by atoms with van der Waals surface area (Å²) >= 11 is 0. The van der Waals surface area contributed by atoms with Gasteiger partial charge >= 0.3 is 7.12 Å². The molecular weight excluding hydrogens is 253 g/mol. The first kappa shape index (κ1) is 17.0. The lowest BCUT2D eigenvalue weighted by Gasteiger charge is -2.09. The number of hydrogen-bond acceptors (Lipinski definition) is 4. The molecule has 0 atom stereocenters. The van der Waals surface area contributed by atoms with Gasteiger partial charge in [0.15, 0.2) is 0 Å². The van der Waals surface area contributed by atoms with E-state index in [1.807, 2.05) is 0 Å². The van der Waals surface area contributed by atoms with Crippen LogP contribution >= 0.6 is 0 Å². The zero-order valence-electron chi connectivity index (χ0n) is 12.4. The van der Waals surface area contributed by atoms with E-state index in [4.69, 9.17) is 4.74 Å². The van der Waals surface area contributed by atoms with Crippen LogP contribution in [0.4, 0.5) is 0 Å². The van der Waals surface area contributed by atoms with Gasteiger partial charge < -0.3 is 14.8 Å². The molecule has 0 unspecified atom stereocenters. The van der Waals surface area contributed by atoms with Crippen LogP contribution in [0, 0.1) is 0 Å². The molecule has 0 saturated carbocycles. The van der Waals surface area contributed by atoms with E-state index >= 15 is 0 Å². The molecular formula is C15H26BNO3. The van der Waals surface area contributed by atoms with E-state index in [2.05, 4.69) is 11.9 Å². The topological polar surface area (TPSA) is 62.6 Å². The van der Waals surface area contributed by atoms with Gasteiger partial charge in [-0.2, -0.15) is 0 Å². The maximum Gasteiger partial charge on any atom is 0.494 e. The van der Waals surface area contributed by atoms with E-state index in [0.717, 1.165) is 12.8 Å². The molecule has 0 amide bonds. The Balaban J connectivity index is 2.10. The fraction of sp³-hybridized carbons (Fsp3) is 0.667. The first-order valence-corrected chi connectivity index (χ1v) is 7.69. The molecule has 0 aliphatic rings. The number of rotatable bonds is 11. The third kappa shape index (κ3) is 6.92. The van der Waals surface area contributed by atoms with Gasteiger partial charge in [-0.15, -0.1) is 0 Å². The summed E-state index contributed by atoms with van der Waals surface area (Å²) in [5.41, 5.74) is 0.326. The zero-order valence-corrected chi connectivity index (χ0v) is 12.4. The Morgan fingerprint density at radius 3 is 2.35 bits per heavy atom. The summed E-state index contributed by atoms with van der Waals surface area (Å²) in [5, 5.41) is 18.4. The largest absolute Gasteiger partial charge is 0.494 e. The summed E-state index contributed by atoms with van der Waals surface area (Å²) in [5.74, 6) is 0.324. The normalized spacial score (nSPS) is 10.6. The minimum absolute atomic E-state index is 0.324. The molecule has 5 heteroatoms.